The van der Waals surface area contributed by atoms with Gasteiger partial charge in [-0.2, -0.15) is 0 Å². The summed E-state index contributed by atoms with van der Waals surface area (Å²) in [6.07, 6.45) is 10.4. The molecule has 0 unspecified atom stereocenters. The van der Waals surface area contributed by atoms with E-state index in [2.05, 4.69) is 39.1 Å². The summed E-state index contributed by atoms with van der Waals surface area (Å²) in [5.41, 5.74) is 0. The maximum Gasteiger partial charge on any atom is 0.244 e. The Morgan fingerprint density at radius 3 is 2.38 bits per heavy atom. The van der Waals surface area contributed by atoms with Crippen LogP contribution in [0.3, 0.4) is 0 Å². The fourth-order valence-corrected chi connectivity index (χ4v) is 1.31. The summed E-state index contributed by atoms with van der Waals surface area (Å²) in [6, 6.07) is 1.16. The van der Waals surface area contributed by atoms with E-state index in [9.17, 15) is 0 Å². The predicted octanol–water partition coefficient (Wildman–Crippen LogP) is 4.10. The molecule has 0 aliphatic carbocycles. The van der Waals surface area contributed by atoms with Gasteiger partial charge in [0.2, 0.25) is 8.32 Å². The van der Waals surface area contributed by atoms with Crippen molar-refractivity contribution < 1.29 is 4.43 Å². The highest BCUT2D eigenvalue weighted by atomic mass is 28.4. The predicted molar refractivity (Wildman–Crippen MR) is 62.2 cm³/mol. The molecule has 0 heterocycles. The Kier molecular flexibility index (Phi) is 6.68. The van der Waals surface area contributed by atoms with E-state index < -0.39 is 8.32 Å². The molecular formula is C11H22OSi. The van der Waals surface area contributed by atoms with Crippen LogP contribution in [-0.4, -0.2) is 8.32 Å². The third-order valence-electron chi connectivity index (χ3n) is 2.02. The summed E-state index contributed by atoms with van der Waals surface area (Å²) in [5, 5.41) is 0. The summed E-state index contributed by atoms with van der Waals surface area (Å²) in [7, 11) is -1.37. The van der Waals surface area contributed by atoms with Crippen molar-refractivity contribution in [3.8, 4) is 0 Å². The van der Waals surface area contributed by atoms with E-state index in [1.165, 1.54) is 6.42 Å². The Hall–Kier alpha value is -0.503. The second kappa shape index (κ2) is 6.95. The van der Waals surface area contributed by atoms with Gasteiger partial charge < -0.3 is 4.43 Å². The van der Waals surface area contributed by atoms with Gasteiger partial charge in [-0.3, -0.25) is 0 Å². The second-order valence-corrected chi connectivity index (χ2v) is 8.24. The molecule has 0 radical (unpaired) electrons. The van der Waals surface area contributed by atoms with Gasteiger partial charge in [-0.15, -0.1) is 0 Å². The van der Waals surface area contributed by atoms with Gasteiger partial charge in [-0.05, 0) is 31.6 Å². The first-order valence-electron chi connectivity index (χ1n) is 5.12. The van der Waals surface area contributed by atoms with Gasteiger partial charge >= 0.3 is 0 Å². The zero-order valence-corrected chi connectivity index (χ0v) is 10.3. The van der Waals surface area contributed by atoms with Crippen molar-refractivity contribution >= 4 is 8.32 Å². The molecule has 0 N–H and O–H groups in total. The largest absolute Gasteiger partial charge is 0.549 e. The fraction of sp³-hybridized carbons (Fsp3) is 0.636. The molecule has 0 atom stereocenters. The lowest BCUT2D eigenvalue weighted by atomic mass is 10.3. The highest BCUT2D eigenvalue weighted by Crippen LogP contribution is 2.09. The molecule has 0 aliphatic rings. The van der Waals surface area contributed by atoms with Crippen molar-refractivity contribution in [2.75, 3.05) is 0 Å². The molecule has 0 amide bonds. The van der Waals surface area contributed by atoms with Gasteiger partial charge in [0.1, 0.15) is 0 Å². The molecule has 0 aromatic heterocycles. The summed E-state index contributed by atoms with van der Waals surface area (Å²) < 4.78 is 5.67. The van der Waals surface area contributed by atoms with Crippen molar-refractivity contribution in [3.63, 3.8) is 0 Å². The normalized spacial score (nSPS) is 12.9. The van der Waals surface area contributed by atoms with Crippen molar-refractivity contribution in [3.05, 3.63) is 24.5 Å². The van der Waals surface area contributed by atoms with E-state index >= 15 is 0 Å². The summed E-state index contributed by atoms with van der Waals surface area (Å²) in [5.74, 6) is 0. The smallest absolute Gasteiger partial charge is 0.244 e. The van der Waals surface area contributed by atoms with Crippen molar-refractivity contribution in [2.24, 2.45) is 0 Å². The van der Waals surface area contributed by atoms with E-state index in [0.717, 1.165) is 12.5 Å². The van der Waals surface area contributed by atoms with Crippen LogP contribution in [-0.2, 0) is 4.43 Å². The van der Waals surface area contributed by atoms with E-state index in [0.29, 0.717) is 0 Å². The highest BCUT2D eigenvalue weighted by molar-refractivity contribution is 6.71. The van der Waals surface area contributed by atoms with Gasteiger partial charge in [0.25, 0.3) is 0 Å². The van der Waals surface area contributed by atoms with Crippen LogP contribution < -0.4 is 0 Å². The van der Waals surface area contributed by atoms with E-state index in [1.54, 1.807) is 0 Å². The van der Waals surface area contributed by atoms with Crippen LogP contribution in [0.25, 0.3) is 0 Å². The van der Waals surface area contributed by atoms with Crippen LogP contribution in [0.1, 0.15) is 26.7 Å². The standard InChI is InChI=1S/C11H22OSi/c1-5-7-8-9-10-11-12-13(3,4)6-2/h8-11H,5-7H2,1-4H3/b9-8+,11-10+. The molecule has 1 nitrogen and oxygen atoms in total. The van der Waals surface area contributed by atoms with Crippen LogP contribution in [0.4, 0.5) is 0 Å². The molecule has 0 fully saturated rings. The van der Waals surface area contributed by atoms with E-state index in [-0.39, 0.29) is 0 Å². The molecule has 0 saturated heterocycles. The Balaban J connectivity index is 3.63. The Bertz CT molecular complexity index is 171. The molecule has 13 heavy (non-hydrogen) atoms. The lowest BCUT2D eigenvalue weighted by Gasteiger charge is -2.18. The van der Waals surface area contributed by atoms with Gasteiger partial charge in [0.05, 0.1) is 6.26 Å². The molecular weight excluding hydrogens is 176 g/mol. The highest BCUT2D eigenvalue weighted by Gasteiger charge is 2.18. The number of rotatable bonds is 6. The quantitative estimate of drug-likeness (QED) is 0.355. The molecule has 0 rings (SSSR count). The summed E-state index contributed by atoms with van der Waals surface area (Å²) in [6.45, 7) is 8.82. The second-order valence-electron chi connectivity index (χ2n) is 3.78. The first kappa shape index (κ1) is 12.5. The lowest BCUT2D eigenvalue weighted by molar-refractivity contribution is 0.472. The first-order chi connectivity index (χ1) is 6.12. The SMILES string of the molecule is CCC/C=C/C=C/O[Si](C)(C)CC. The van der Waals surface area contributed by atoms with E-state index in [4.69, 9.17) is 4.43 Å². The summed E-state index contributed by atoms with van der Waals surface area (Å²) in [4.78, 5) is 0. The van der Waals surface area contributed by atoms with Gasteiger partial charge in [0, 0.05) is 0 Å². The molecule has 76 valence electrons. The van der Waals surface area contributed by atoms with E-state index in [1.807, 2.05) is 12.3 Å². The number of allylic oxidation sites excluding steroid dienone is 3. The molecule has 0 aliphatic heterocycles. The van der Waals surface area contributed by atoms with Crippen LogP contribution >= 0.6 is 0 Å². The topological polar surface area (TPSA) is 9.23 Å². The Labute approximate surface area is 83.6 Å². The average molecular weight is 198 g/mol. The monoisotopic (exact) mass is 198 g/mol. The zero-order chi connectivity index (χ0) is 10.2. The zero-order valence-electron chi connectivity index (χ0n) is 9.34. The minimum atomic E-state index is -1.37. The van der Waals surface area contributed by atoms with Gasteiger partial charge in [-0.25, -0.2) is 0 Å². The Morgan fingerprint density at radius 2 is 1.85 bits per heavy atom. The molecule has 2 heteroatoms. The fourth-order valence-electron chi connectivity index (χ4n) is 0.694. The van der Waals surface area contributed by atoms with Gasteiger partial charge in [0.15, 0.2) is 0 Å². The first-order valence-corrected chi connectivity index (χ1v) is 8.23. The minimum absolute atomic E-state index is 1.15. The molecule has 0 saturated carbocycles. The summed E-state index contributed by atoms with van der Waals surface area (Å²) >= 11 is 0. The number of hydrogen-bond donors (Lipinski definition) is 0. The van der Waals surface area contributed by atoms with Crippen LogP contribution in [0.2, 0.25) is 19.1 Å². The third-order valence-corrected chi connectivity index (χ3v) is 4.50. The van der Waals surface area contributed by atoms with Crippen molar-refractivity contribution in [1.82, 2.24) is 0 Å². The van der Waals surface area contributed by atoms with Crippen LogP contribution in [0, 0.1) is 0 Å². The Morgan fingerprint density at radius 1 is 1.15 bits per heavy atom. The molecule has 0 aromatic rings. The van der Waals surface area contributed by atoms with Gasteiger partial charge in [-0.1, -0.05) is 32.4 Å². The molecule has 0 bridgehead atoms. The van der Waals surface area contributed by atoms with Crippen LogP contribution in [0.5, 0.6) is 0 Å². The number of unbranched alkanes of at least 4 members (excludes halogenated alkanes) is 1. The minimum Gasteiger partial charge on any atom is -0.549 e. The maximum atomic E-state index is 5.67. The molecule has 0 spiro atoms. The van der Waals surface area contributed by atoms with Crippen LogP contribution in [0.15, 0.2) is 24.5 Å². The van der Waals surface area contributed by atoms with Crippen molar-refractivity contribution in [2.45, 2.75) is 45.8 Å². The maximum absolute atomic E-state index is 5.67. The number of hydrogen-bond acceptors (Lipinski definition) is 1. The van der Waals surface area contributed by atoms with Crippen molar-refractivity contribution in [1.29, 1.82) is 0 Å². The molecule has 0 aromatic carbocycles. The lowest BCUT2D eigenvalue weighted by Crippen LogP contribution is -2.26. The average Bonchev–Trinajstić information content (AvgIpc) is 2.11. The third kappa shape index (κ3) is 7.84.